The Kier molecular flexibility index (Phi) is 4.81. The van der Waals surface area contributed by atoms with E-state index in [0.717, 1.165) is 36.9 Å². The molecule has 1 fully saturated rings. The second-order valence-electron chi connectivity index (χ2n) is 6.00. The molecule has 1 amide bonds. The molecule has 0 N–H and O–H groups in total. The molecule has 4 nitrogen and oxygen atoms in total. The third kappa shape index (κ3) is 3.75. The highest BCUT2D eigenvalue weighted by atomic mass is 32.1. The summed E-state index contributed by atoms with van der Waals surface area (Å²) in [4.78, 5) is 22.7. The van der Waals surface area contributed by atoms with Crippen molar-refractivity contribution in [2.24, 2.45) is 0 Å². The van der Waals surface area contributed by atoms with Crippen LogP contribution in [0.15, 0.2) is 53.2 Å². The summed E-state index contributed by atoms with van der Waals surface area (Å²) in [5.74, 6) is 0.177. The molecule has 0 atom stereocenters. The zero-order valence-electron chi connectivity index (χ0n) is 13.8. The van der Waals surface area contributed by atoms with E-state index >= 15 is 0 Å². The van der Waals surface area contributed by atoms with Crippen LogP contribution >= 0.6 is 22.7 Å². The maximum atomic E-state index is 12.6. The highest BCUT2D eigenvalue weighted by Gasteiger charge is 2.22. The predicted octanol–water partition coefficient (Wildman–Crippen LogP) is 3.76. The summed E-state index contributed by atoms with van der Waals surface area (Å²) in [5.41, 5.74) is 2.11. The largest absolute Gasteiger partial charge is 0.368 e. The van der Waals surface area contributed by atoms with Crippen molar-refractivity contribution in [1.29, 1.82) is 0 Å². The van der Waals surface area contributed by atoms with Gasteiger partial charge in [-0.25, -0.2) is 4.98 Å². The molecule has 0 radical (unpaired) electrons. The van der Waals surface area contributed by atoms with Gasteiger partial charge in [0, 0.05) is 37.2 Å². The molecular weight excluding hydrogens is 350 g/mol. The van der Waals surface area contributed by atoms with E-state index in [1.54, 1.807) is 22.7 Å². The molecule has 1 aliphatic rings. The van der Waals surface area contributed by atoms with Gasteiger partial charge in [0.2, 0.25) is 5.91 Å². The van der Waals surface area contributed by atoms with Crippen molar-refractivity contribution in [3.05, 3.63) is 58.9 Å². The lowest BCUT2D eigenvalue weighted by Gasteiger charge is -2.36. The van der Waals surface area contributed by atoms with E-state index in [9.17, 15) is 4.79 Å². The number of aromatic nitrogens is 1. The lowest BCUT2D eigenvalue weighted by Crippen LogP contribution is -2.49. The number of nitrogens with zero attached hydrogens (tertiary/aromatic N) is 3. The molecule has 2 aromatic heterocycles. The number of thiazole rings is 1. The summed E-state index contributed by atoms with van der Waals surface area (Å²) >= 11 is 3.30. The van der Waals surface area contributed by atoms with Crippen LogP contribution < -0.4 is 4.90 Å². The van der Waals surface area contributed by atoms with E-state index in [4.69, 9.17) is 0 Å². The second-order valence-corrected chi connectivity index (χ2v) is 7.81. The van der Waals surface area contributed by atoms with E-state index in [0.29, 0.717) is 6.42 Å². The molecule has 3 aromatic rings. The number of rotatable bonds is 4. The van der Waals surface area contributed by atoms with Crippen LogP contribution in [-0.2, 0) is 11.2 Å². The van der Waals surface area contributed by atoms with Gasteiger partial charge in [-0.2, -0.15) is 0 Å². The van der Waals surface area contributed by atoms with Crippen LogP contribution in [0.5, 0.6) is 0 Å². The Morgan fingerprint density at radius 1 is 1.00 bits per heavy atom. The van der Waals surface area contributed by atoms with E-state index < -0.39 is 0 Å². The van der Waals surface area contributed by atoms with Crippen molar-refractivity contribution < 1.29 is 4.79 Å². The quantitative estimate of drug-likeness (QED) is 0.702. The van der Waals surface area contributed by atoms with Gasteiger partial charge < -0.3 is 9.80 Å². The minimum absolute atomic E-state index is 0.177. The molecule has 128 valence electrons. The number of para-hydroxylation sites is 1. The maximum absolute atomic E-state index is 12.6. The van der Waals surface area contributed by atoms with Crippen LogP contribution in [-0.4, -0.2) is 42.0 Å². The molecule has 0 aliphatic carbocycles. The fourth-order valence-electron chi connectivity index (χ4n) is 3.02. The standard InChI is InChI=1S/C19H19N3OS2/c23-18(13-15-14-25-19(20-15)17-7-4-12-24-17)22-10-8-21(9-11-22)16-5-2-1-3-6-16/h1-7,12,14H,8-11,13H2. The van der Waals surface area contributed by atoms with Gasteiger partial charge in [0.15, 0.2) is 0 Å². The summed E-state index contributed by atoms with van der Waals surface area (Å²) < 4.78 is 0. The summed E-state index contributed by atoms with van der Waals surface area (Å²) in [5, 5.41) is 5.06. The van der Waals surface area contributed by atoms with Crippen molar-refractivity contribution in [3.8, 4) is 9.88 Å². The summed E-state index contributed by atoms with van der Waals surface area (Å²) in [6.45, 7) is 3.31. The van der Waals surface area contributed by atoms with Crippen molar-refractivity contribution in [2.45, 2.75) is 6.42 Å². The number of amides is 1. The zero-order chi connectivity index (χ0) is 17.1. The van der Waals surface area contributed by atoms with Crippen molar-refractivity contribution >= 4 is 34.3 Å². The molecule has 1 aliphatic heterocycles. The number of piperazine rings is 1. The smallest absolute Gasteiger partial charge is 0.228 e. The van der Waals surface area contributed by atoms with Crippen LogP contribution in [0.2, 0.25) is 0 Å². The molecular formula is C19H19N3OS2. The molecule has 0 unspecified atom stereocenters. The Bertz CT molecular complexity index is 821. The molecule has 0 saturated carbocycles. The van der Waals surface area contributed by atoms with Crippen LogP contribution in [0.4, 0.5) is 5.69 Å². The fraction of sp³-hybridized carbons (Fsp3) is 0.263. The lowest BCUT2D eigenvalue weighted by atomic mass is 10.2. The maximum Gasteiger partial charge on any atom is 0.228 e. The third-order valence-electron chi connectivity index (χ3n) is 4.37. The molecule has 1 saturated heterocycles. The van der Waals surface area contributed by atoms with Crippen LogP contribution in [0.3, 0.4) is 0 Å². The SMILES string of the molecule is O=C(Cc1csc(-c2cccs2)n1)N1CCN(c2ccccc2)CC1. The van der Waals surface area contributed by atoms with Gasteiger partial charge in [-0.3, -0.25) is 4.79 Å². The number of benzene rings is 1. The predicted molar refractivity (Wildman–Crippen MR) is 104 cm³/mol. The molecule has 3 heterocycles. The molecule has 25 heavy (non-hydrogen) atoms. The molecule has 0 bridgehead atoms. The van der Waals surface area contributed by atoms with Crippen LogP contribution in [0.1, 0.15) is 5.69 Å². The number of anilines is 1. The van der Waals surface area contributed by atoms with Crippen molar-refractivity contribution in [3.63, 3.8) is 0 Å². The monoisotopic (exact) mass is 369 g/mol. The Labute approximate surface area is 155 Å². The minimum Gasteiger partial charge on any atom is -0.368 e. The van der Waals surface area contributed by atoms with Gasteiger partial charge in [0.05, 0.1) is 17.0 Å². The first kappa shape index (κ1) is 16.3. The van der Waals surface area contributed by atoms with Crippen LogP contribution in [0, 0.1) is 0 Å². The Morgan fingerprint density at radius 3 is 2.52 bits per heavy atom. The number of hydrogen-bond acceptors (Lipinski definition) is 5. The van der Waals surface area contributed by atoms with Crippen LogP contribution in [0.25, 0.3) is 9.88 Å². The van der Waals surface area contributed by atoms with Gasteiger partial charge in [-0.05, 0) is 23.6 Å². The summed E-state index contributed by atoms with van der Waals surface area (Å²) in [6, 6.07) is 14.5. The first-order valence-electron chi connectivity index (χ1n) is 8.35. The summed E-state index contributed by atoms with van der Waals surface area (Å²) in [6.07, 6.45) is 0.396. The zero-order valence-corrected chi connectivity index (χ0v) is 15.4. The van der Waals surface area contributed by atoms with Gasteiger partial charge in [0.1, 0.15) is 5.01 Å². The fourth-order valence-corrected chi connectivity index (χ4v) is 4.66. The second kappa shape index (κ2) is 7.37. The highest BCUT2D eigenvalue weighted by Crippen LogP contribution is 2.28. The highest BCUT2D eigenvalue weighted by molar-refractivity contribution is 7.20. The van der Waals surface area contributed by atoms with E-state index in [1.165, 1.54) is 10.6 Å². The number of thiophene rings is 1. The van der Waals surface area contributed by atoms with Gasteiger partial charge in [-0.1, -0.05) is 24.3 Å². The number of carbonyl (C=O) groups excluding carboxylic acids is 1. The molecule has 0 spiro atoms. The first-order valence-corrected chi connectivity index (χ1v) is 10.1. The Morgan fingerprint density at radius 2 is 1.80 bits per heavy atom. The molecule has 4 rings (SSSR count). The van der Waals surface area contributed by atoms with E-state index in [2.05, 4.69) is 40.2 Å². The molecule has 6 heteroatoms. The Balaban J connectivity index is 1.34. The van der Waals surface area contributed by atoms with Gasteiger partial charge in [-0.15, -0.1) is 22.7 Å². The number of carbonyl (C=O) groups is 1. The first-order chi connectivity index (χ1) is 12.3. The Hall–Kier alpha value is -2.18. The third-order valence-corrected chi connectivity index (χ3v) is 6.30. The average Bonchev–Trinajstić information content (AvgIpc) is 3.34. The minimum atomic E-state index is 0.177. The number of hydrogen-bond donors (Lipinski definition) is 0. The van der Waals surface area contributed by atoms with Crippen molar-refractivity contribution in [1.82, 2.24) is 9.88 Å². The van der Waals surface area contributed by atoms with E-state index in [1.807, 2.05) is 27.8 Å². The van der Waals surface area contributed by atoms with Crippen molar-refractivity contribution in [2.75, 3.05) is 31.1 Å². The van der Waals surface area contributed by atoms with Gasteiger partial charge >= 0.3 is 0 Å². The molecule has 1 aromatic carbocycles. The normalized spacial score (nSPS) is 14.7. The van der Waals surface area contributed by atoms with Gasteiger partial charge in [0.25, 0.3) is 0 Å². The summed E-state index contributed by atoms with van der Waals surface area (Å²) in [7, 11) is 0. The topological polar surface area (TPSA) is 36.4 Å². The van der Waals surface area contributed by atoms with E-state index in [-0.39, 0.29) is 5.91 Å². The average molecular weight is 370 g/mol. The lowest BCUT2D eigenvalue weighted by molar-refractivity contribution is -0.130.